The fourth-order valence-electron chi connectivity index (χ4n) is 2.49. The van der Waals surface area contributed by atoms with Gasteiger partial charge in [0, 0.05) is 12.4 Å². The van der Waals surface area contributed by atoms with Crippen LogP contribution in [0.4, 0.5) is 4.39 Å². The number of nitrogens with zero attached hydrogens (tertiary/aromatic N) is 2. The molecule has 116 valence electrons. The molecule has 0 aliphatic rings. The summed E-state index contributed by atoms with van der Waals surface area (Å²) < 4.78 is 15.8. The third-order valence-corrected chi connectivity index (χ3v) is 3.68. The van der Waals surface area contributed by atoms with Crippen LogP contribution >= 0.6 is 0 Å². The molecular weight excluding hydrogens is 295 g/mol. The maximum absolute atomic E-state index is 13.2. The molecule has 5 heteroatoms. The van der Waals surface area contributed by atoms with Crippen LogP contribution in [0.5, 0.6) is 0 Å². The van der Waals surface area contributed by atoms with Crippen LogP contribution in [0.2, 0.25) is 0 Å². The summed E-state index contributed by atoms with van der Waals surface area (Å²) in [6, 6.07) is 13.3. The quantitative estimate of drug-likeness (QED) is 0.698. The zero-order chi connectivity index (χ0) is 16.4. The molecule has 3 aromatic rings. The topological polar surface area (TPSA) is 44.0 Å². The largest absolute Gasteiger partial charge is 0.320 e. The molecule has 0 bridgehead atoms. The van der Waals surface area contributed by atoms with E-state index in [1.165, 1.54) is 21.3 Å². The van der Waals surface area contributed by atoms with Gasteiger partial charge in [0.1, 0.15) is 5.82 Å². The fourth-order valence-corrected chi connectivity index (χ4v) is 2.49. The third kappa shape index (κ3) is 2.99. The minimum absolute atomic E-state index is 0.153. The van der Waals surface area contributed by atoms with Crippen LogP contribution in [0, 0.1) is 12.7 Å². The Labute approximate surface area is 132 Å². The molecule has 0 aliphatic carbocycles. The van der Waals surface area contributed by atoms with Gasteiger partial charge in [-0.25, -0.2) is 4.39 Å². The maximum atomic E-state index is 13.2. The van der Waals surface area contributed by atoms with Crippen molar-refractivity contribution < 1.29 is 4.39 Å². The van der Waals surface area contributed by atoms with Gasteiger partial charge >= 0.3 is 11.1 Å². The van der Waals surface area contributed by atoms with Crippen molar-refractivity contribution in [3.8, 4) is 5.69 Å². The Morgan fingerprint density at radius 2 is 1.74 bits per heavy atom. The summed E-state index contributed by atoms with van der Waals surface area (Å²) in [4.78, 5) is 24.7. The summed E-state index contributed by atoms with van der Waals surface area (Å²) in [5.41, 5.74) is 0.933. The van der Waals surface area contributed by atoms with E-state index in [4.69, 9.17) is 0 Å². The van der Waals surface area contributed by atoms with Crippen LogP contribution in [0.15, 0.2) is 70.5 Å². The summed E-state index contributed by atoms with van der Waals surface area (Å²) in [6.45, 7) is 2.03. The molecule has 0 spiro atoms. The van der Waals surface area contributed by atoms with E-state index < -0.39 is 11.1 Å². The normalized spacial score (nSPS) is 10.7. The smallest absolute Gasteiger partial charge is 0.305 e. The van der Waals surface area contributed by atoms with E-state index in [0.29, 0.717) is 11.3 Å². The highest BCUT2D eigenvalue weighted by molar-refractivity contribution is 5.39. The van der Waals surface area contributed by atoms with Crippen LogP contribution in [0.1, 0.15) is 11.1 Å². The molecule has 4 nitrogen and oxygen atoms in total. The number of rotatable bonds is 3. The van der Waals surface area contributed by atoms with Gasteiger partial charge in [-0.2, -0.15) is 0 Å². The van der Waals surface area contributed by atoms with Crippen molar-refractivity contribution in [3.05, 3.63) is 98.6 Å². The van der Waals surface area contributed by atoms with Gasteiger partial charge < -0.3 is 4.57 Å². The van der Waals surface area contributed by atoms with E-state index in [1.807, 2.05) is 25.1 Å². The molecule has 0 radical (unpaired) electrons. The van der Waals surface area contributed by atoms with Crippen molar-refractivity contribution in [2.24, 2.45) is 0 Å². The lowest BCUT2D eigenvalue weighted by Gasteiger charge is -2.11. The molecule has 1 heterocycles. The second-order valence-corrected chi connectivity index (χ2v) is 5.32. The van der Waals surface area contributed by atoms with E-state index in [0.717, 1.165) is 5.56 Å². The van der Waals surface area contributed by atoms with Gasteiger partial charge in [0.2, 0.25) is 0 Å². The van der Waals surface area contributed by atoms with E-state index in [1.54, 1.807) is 30.6 Å². The van der Waals surface area contributed by atoms with Crippen molar-refractivity contribution in [2.75, 3.05) is 0 Å². The first-order valence-electron chi connectivity index (χ1n) is 7.19. The van der Waals surface area contributed by atoms with Gasteiger partial charge in [-0.3, -0.25) is 14.2 Å². The Morgan fingerprint density at radius 3 is 2.48 bits per heavy atom. The van der Waals surface area contributed by atoms with Crippen molar-refractivity contribution in [2.45, 2.75) is 13.5 Å². The molecule has 0 N–H and O–H groups in total. The van der Waals surface area contributed by atoms with Gasteiger partial charge in [-0.05, 0) is 36.2 Å². The Hall–Kier alpha value is -2.95. The molecule has 0 saturated carbocycles. The predicted octanol–water partition coefficient (Wildman–Crippen LogP) is 2.50. The average Bonchev–Trinajstić information content (AvgIpc) is 2.53. The summed E-state index contributed by atoms with van der Waals surface area (Å²) in [6.07, 6.45) is 3.10. The molecule has 0 unspecified atom stereocenters. The maximum Gasteiger partial charge on any atom is 0.320 e. The SMILES string of the molecule is Cc1ccccc1-n1ccn(Cc2cccc(F)c2)c(=O)c1=O. The third-order valence-electron chi connectivity index (χ3n) is 3.68. The molecule has 0 amide bonds. The number of hydrogen-bond donors (Lipinski definition) is 0. The van der Waals surface area contributed by atoms with E-state index in [9.17, 15) is 14.0 Å². The van der Waals surface area contributed by atoms with E-state index in [2.05, 4.69) is 0 Å². The highest BCUT2D eigenvalue weighted by Crippen LogP contribution is 2.10. The van der Waals surface area contributed by atoms with Crippen molar-refractivity contribution in [1.82, 2.24) is 9.13 Å². The second kappa shape index (κ2) is 6.04. The van der Waals surface area contributed by atoms with Crippen LogP contribution < -0.4 is 11.1 Å². The Bertz CT molecular complexity index is 973. The Kier molecular flexibility index (Phi) is 3.93. The van der Waals surface area contributed by atoms with Crippen LogP contribution in [-0.4, -0.2) is 9.13 Å². The van der Waals surface area contributed by atoms with Crippen LogP contribution in [0.25, 0.3) is 5.69 Å². The van der Waals surface area contributed by atoms with Crippen molar-refractivity contribution in [3.63, 3.8) is 0 Å². The van der Waals surface area contributed by atoms with E-state index >= 15 is 0 Å². The lowest BCUT2D eigenvalue weighted by molar-refractivity contribution is 0.622. The molecule has 23 heavy (non-hydrogen) atoms. The number of aryl methyl sites for hydroxylation is 1. The van der Waals surface area contributed by atoms with Gasteiger partial charge in [0.25, 0.3) is 0 Å². The van der Waals surface area contributed by atoms with Crippen LogP contribution in [-0.2, 0) is 6.54 Å². The van der Waals surface area contributed by atoms with Crippen molar-refractivity contribution in [1.29, 1.82) is 0 Å². The summed E-state index contributed by atoms with van der Waals surface area (Å²) in [5.74, 6) is -0.371. The Morgan fingerprint density at radius 1 is 0.957 bits per heavy atom. The first-order chi connectivity index (χ1) is 11.1. The minimum atomic E-state index is -0.639. The van der Waals surface area contributed by atoms with Gasteiger partial charge in [-0.1, -0.05) is 30.3 Å². The molecule has 0 aliphatic heterocycles. The molecule has 0 fully saturated rings. The predicted molar refractivity (Wildman–Crippen MR) is 86.5 cm³/mol. The van der Waals surface area contributed by atoms with Crippen LogP contribution in [0.3, 0.4) is 0 Å². The first-order valence-corrected chi connectivity index (χ1v) is 7.19. The zero-order valence-corrected chi connectivity index (χ0v) is 12.6. The molecule has 0 saturated heterocycles. The lowest BCUT2D eigenvalue weighted by atomic mass is 10.2. The highest BCUT2D eigenvalue weighted by atomic mass is 19.1. The highest BCUT2D eigenvalue weighted by Gasteiger charge is 2.09. The zero-order valence-electron chi connectivity index (χ0n) is 12.6. The molecule has 3 rings (SSSR count). The summed E-state index contributed by atoms with van der Waals surface area (Å²) >= 11 is 0. The number of benzene rings is 2. The second-order valence-electron chi connectivity index (χ2n) is 5.32. The lowest BCUT2D eigenvalue weighted by Crippen LogP contribution is -2.40. The Balaban J connectivity index is 2.04. The molecule has 1 aromatic heterocycles. The molecular formula is C18H15FN2O2. The van der Waals surface area contributed by atoms with Gasteiger partial charge in [0.05, 0.1) is 12.2 Å². The number of hydrogen-bond acceptors (Lipinski definition) is 2. The first kappa shape index (κ1) is 15.0. The fraction of sp³-hybridized carbons (Fsp3) is 0.111. The summed E-state index contributed by atoms with van der Waals surface area (Å²) in [5, 5.41) is 0. The standard InChI is InChI=1S/C18H15FN2O2/c1-13-5-2-3-8-16(13)21-10-9-20(17(22)18(21)23)12-14-6-4-7-15(19)11-14/h2-11H,12H2,1H3. The number of halogens is 1. The van der Waals surface area contributed by atoms with Crippen molar-refractivity contribution >= 4 is 0 Å². The monoisotopic (exact) mass is 310 g/mol. The molecule has 0 atom stereocenters. The van der Waals surface area contributed by atoms with Gasteiger partial charge in [0.15, 0.2) is 0 Å². The minimum Gasteiger partial charge on any atom is -0.305 e. The number of para-hydroxylation sites is 1. The molecule has 2 aromatic carbocycles. The number of aromatic nitrogens is 2. The average molecular weight is 310 g/mol. The van der Waals surface area contributed by atoms with E-state index in [-0.39, 0.29) is 12.4 Å². The summed E-state index contributed by atoms with van der Waals surface area (Å²) in [7, 11) is 0. The van der Waals surface area contributed by atoms with Gasteiger partial charge in [-0.15, -0.1) is 0 Å².